The molecule has 0 saturated heterocycles. The summed E-state index contributed by atoms with van der Waals surface area (Å²) in [6.07, 6.45) is 0. The zero-order chi connectivity index (χ0) is 37.0. The molecule has 8 rings (SSSR count). The van der Waals surface area contributed by atoms with E-state index in [9.17, 15) is 21.0 Å². The van der Waals surface area contributed by atoms with Crippen molar-refractivity contribution in [2.75, 3.05) is 0 Å². The quantitative estimate of drug-likeness (QED) is 0.154. The van der Waals surface area contributed by atoms with Crippen molar-refractivity contribution in [2.45, 2.75) is 0 Å². The molecule has 0 fully saturated rings. The number of nitrogens with zero attached hydrogens (tertiary/aromatic N) is 4. The zero-order valence-corrected chi connectivity index (χ0v) is 30.6. The van der Waals surface area contributed by atoms with E-state index in [4.69, 9.17) is 0 Å². The van der Waals surface area contributed by atoms with Gasteiger partial charge in [-0.1, -0.05) is 146 Å². The fraction of sp³-hybridized carbons (Fsp3) is 0. The van der Waals surface area contributed by atoms with Crippen molar-refractivity contribution >= 4 is 69.2 Å². The second kappa shape index (κ2) is 15.0. The first-order chi connectivity index (χ1) is 26.7. The third-order valence-electron chi connectivity index (χ3n) is 9.61. The molecule has 0 saturated carbocycles. The van der Waals surface area contributed by atoms with Crippen LogP contribution in [0.1, 0.15) is 22.3 Å². The molecule has 0 aliphatic heterocycles. The third-order valence-corrected chi connectivity index (χ3v) is 14.8. The van der Waals surface area contributed by atoms with E-state index in [1.165, 1.54) is 0 Å². The molecule has 54 heavy (non-hydrogen) atoms. The summed E-state index contributed by atoms with van der Waals surface area (Å²) in [5, 5.41) is 51.6. The fourth-order valence-corrected chi connectivity index (χ4v) is 12.6. The van der Waals surface area contributed by atoms with Crippen LogP contribution in [0.5, 0.6) is 0 Å². The topological polar surface area (TPSA) is 95.2 Å². The summed E-state index contributed by atoms with van der Waals surface area (Å²) in [5.41, 5.74) is 4.23. The van der Waals surface area contributed by atoms with E-state index < -0.39 is 15.8 Å². The summed E-state index contributed by atoms with van der Waals surface area (Å²) in [5.74, 6) is 0. The van der Waals surface area contributed by atoms with Crippen LogP contribution in [0.3, 0.4) is 0 Å². The van der Waals surface area contributed by atoms with Crippen LogP contribution in [0.2, 0.25) is 0 Å². The number of hydrogen-bond donors (Lipinski definition) is 0. The summed E-state index contributed by atoms with van der Waals surface area (Å²) in [7, 11) is -2.95. The summed E-state index contributed by atoms with van der Waals surface area (Å²) in [6.45, 7) is 0. The van der Waals surface area contributed by atoms with E-state index in [0.717, 1.165) is 64.5 Å². The lowest BCUT2D eigenvalue weighted by Gasteiger charge is -2.29. The molecule has 6 heteroatoms. The van der Waals surface area contributed by atoms with Gasteiger partial charge in [-0.2, -0.15) is 21.0 Å². The van der Waals surface area contributed by atoms with E-state index in [1.54, 1.807) is 0 Å². The zero-order valence-electron chi connectivity index (χ0n) is 28.8. The Labute approximate surface area is 316 Å². The average molecular weight is 723 g/mol. The van der Waals surface area contributed by atoms with Crippen molar-refractivity contribution in [1.29, 1.82) is 21.0 Å². The number of nitriles is 4. The minimum absolute atomic E-state index is 0.557. The lowest BCUT2D eigenvalue weighted by Crippen LogP contribution is -2.29. The van der Waals surface area contributed by atoms with Gasteiger partial charge in [0.15, 0.2) is 0 Å². The van der Waals surface area contributed by atoms with Gasteiger partial charge in [0.25, 0.3) is 0 Å². The van der Waals surface area contributed by atoms with Crippen LogP contribution in [0.25, 0.3) is 32.7 Å². The molecule has 0 spiro atoms. The molecule has 0 aromatic heterocycles. The number of benzene rings is 8. The van der Waals surface area contributed by atoms with Crippen LogP contribution in [0, 0.1) is 45.3 Å². The van der Waals surface area contributed by atoms with Crippen molar-refractivity contribution < 1.29 is 0 Å². The van der Waals surface area contributed by atoms with Gasteiger partial charge in [-0.05, 0) is 83.4 Å². The Hall–Kier alpha value is -6.90. The molecule has 4 nitrogen and oxygen atoms in total. The highest BCUT2D eigenvalue weighted by molar-refractivity contribution is 7.81. The van der Waals surface area contributed by atoms with Crippen molar-refractivity contribution in [1.82, 2.24) is 0 Å². The third kappa shape index (κ3) is 5.98. The Morgan fingerprint density at radius 2 is 0.556 bits per heavy atom. The van der Waals surface area contributed by atoms with Gasteiger partial charge in [-0.15, -0.1) is 0 Å². The van der Waals surface area contributed by atoms with Gasteiger partial charge < -0.3 is 0 Å². The Morgan fingerprint density at radius 3 is 0.870 bits per heavy atom. The van der Waals surface area contributed by atoms with Crippen molar-refractivity contribution in [3.63, 3.8) is 0 Å². The second-order valence-electron chi connectivity index (χ2n) is 12.5. The number of fused-ring (bicyclic) bond motifs is 2. The molecular weight excluding hydrogens is 695 g/mol. The average Bonchev–Trinajstić information content (AvgIpc) is 3.24. The highest BCUT2D eigenvalue weighted by Crippen LogP contribution is 2.47. The van der Waals surface area contributed by atoms with E-state index in [-0.39, 0.29) is 0 Å². The Morgan fingerprint density at radius 1 is 0.278 bits per heavy atom. The molecule has 0 N–H and O–H groups in total. The Balaban J connectivity index is 1.59. The molecule has 0 bridgehead atoms. The predicted octanol–water partition coefficient (Wildman–Crippen LogP) is 8.66. The highest BCUT2D eigenvalue weighted by Gasteiger charge is 2.31. The summed E-state index contributed by atoms with van der Waals surface area (Å²) in [6, 6.07) is 65.9. The van der Waals surface area contributed by atoms with Gasteiger partial charge in [0.2, 0.25) is 0 Å². The Bertz CT molecular complexity index is 2610. The number of hydrogen-bond acceptors (Lipinski definition) is 4. The molecule has 0 unspecified atom stereocenters. The second-order valence-corrected chi connectivity index (χ2v) is 16.8. The standard InChI is InChI=1S/C48H28N4P2/c49-29-35-15-3-9-21-41(35)53(42-22-10-4-16-36(42)30-50)45-27-25-33-13-1-7-19-39(33)47(45)48-40-20-8-2-14-34(40)26-28-46(48)54(43-23-11-5-17-37(43)31-51)44-24-12-6-18-38(44)32-52/h1-28H. The largest absolute Gasteiger partial charge is 0.192 e. The van der Waals surface area contributed by atoms with Gasteiger partial charge in [-0.25, -0.2) is 0 Å². The monoisotopic (exact) mass is 722 g/mol. The van der Waals surface area contributed by atoms with Crippen LogP contribution < -0.4 is 31.8 Å². The molecule has 0 heterocycles. The van der Waals surface area contributed by atoms with Gasteiger partial charge in [0, 0.05) is 21.2 Å². The first-order valence-electron chi connectivity index (χ1n) is 17.3. The van der Waals surface area contributed by atoms with Gasteiger partial charge in [0.1, 0.15) is 0 Å². The molecule has 0 radical (unpaired) electrons. The minimum Gasteiger partial charge on any atom is -0.192 e. The highest BCUT2D eigenvalue weighted by atomic mass is 31.1. The Kier molecular flexibility index (Phi) is 9.49. The molecule has 8 aromatic carbocycles. The van der Waals surface area contributed by atoms with Crippen LogP contribution in [-0.4, -0.2) is 0 Å². The van der Waals surface area contributed by atoms with Crippen molar-refractivity contribution in [3.05, 3.63) is 192 Å². The lowest BCUT2D eigenvalue weighted by atomic mass is 9.93. The SMILES string of the molecule is N#Cc1ccccc1P(c1ccccc1C#N)c1ccc2ccccc2c1-c1c(P(c2ccccc2C#N)c2ccccc2C#N)ccc2ccccc12. The molecule has 250 valence electrons. The van der Waals surface area contributed by atoms with E-state index >= 15 is 0 Å². The first-order valence-corrected chi connectivity index (χ1v) is 20.0. The van der Waals surface area contributed by atoms with Crippen molar-refractivity contribution in [3.8, 4) is 35.4 Å². The fourth-order valence-electron chi connectivity index (χ4n) is 7.25. The number of rotatable bonds is 7. The van der Waals surface area contributed by atoms with E-state index in [0.29, 0.717) is 22.3 Å². The summed E-state index contributed by atoms with van der Waals surface area (Å²) >= 11 is 0. The maximum absolute atomic E-state index is 10.5. The first kappa shape index (κ1) is 34.2. The van der Waals surface area contributed by atoms with Crippen LogP contribution in [0.15, 0.2) is 170 Å². The van der Waals surface area contributed by atoms with Crippen LogP contribution in [-0.2, 0) is 0 Å². The minimum atomic E-state index is -1.47. The van der Waals surface area contributed by atoms with E-state index in [1.807, 2.05) is 121 Å². The predicted molar refractivity (Wildman–Crippen MR) is 223 cm³/mol. The molecule has 0 aliphatic carbocycles. The van der Waals surface area contributed by atoms with Gasteiger partial charge >= 0.3 is 0 Å². The van der Waals surface area contributed by atoms with Crippen molar-refractivity contribution in [2.24, 2.45) is 0 Å². The smallest absolute Gasteiger partial charge is 0.0998 e. The maximum Gasteiger partial charge on any atom is 0.0998 e. The molecule has 0 atom stereocenters. The van der Waals surface area contributed by atoms with Crippen LogP contribution in [0.4, 0.5) is 0 Å². The molecule has 8 aromatic rings. The molecular formula is C48H28N4P2. The molecule has 0 aliphatic rings. The maximum atomic E-state index is 10.5. The molecule has 0 amide bonds. The lowest BCUT2D eigenvalue weighted by molar-refractivity contribution is 1.49. The van der Waals surface area contributed by atoms with Gasteiger partial charge in [0.05, 0.1) is 46.5 Å². The van der Waals surface area contributed by atoms with Crippen LogP contribution >= 0.6 is 15.8 Å². The normalized spacial score (nSPS) is 10.9. The van der Waals surface area contributed by atoms with E-state index in [2.05, 4.69) is 72.8 Å². The summed E-state index contributed by atoms with van der Waals surface area (Å²) < 4.78 is 0. The van der Waals surface area contributed by atoms with Gasteiger partial charge in [-0.3, -0.25) is 0 Å². The summed E-state index contributed by atoms with van der Waals surface area (Å²) in [4.78, 5) is 0.